The summed E-state index contributed by atoms with van der Waals surface area (Å²) in [6.45, 7) is 3.75. The van der Waals surface area contributed by atoms with Crippen molar-refractivity contribution < 1.29 is 14.3 Å². The van der Waals surface area contributed by atoms with Crippen LogP contribution in [-0.2, 0) is 22.4 Å². The first kappa shape index (κ1) is 27.5. The lowest BCUT2D eigenvalue weighted by molar-refractivity contribution is -0.134. The number of aryl methyl sites for hydroxylation is 2. The average Bonchev–Trinajstić information content (AvgIpc) is 3.23. The predicted octanol–water partition coefficient (Wildman–Crippen LogP) is 7.32. The van der Waals surface area contributed by atoms with Crippen LogP contribution in [0.15, 0.2) is 42.5 Å². The highest BCUT2D eigenvalue weighted by molar-refractivity contribution is 6.18. The maximum Gasteiger partial charge on any atom is 0.311 e. The summed E-state index contributed by atoms with van der Waals surface area (Å²) in [7, 11) is 0. The molecule has 2 fully saturated rings. The molecule has 4 unspecified atom stereocenters. The number of alkyl halides is 2. The van der Waals surface area contributed by atoms with Gasteiger partial charge < -0.3 is 9.64 Å². The lowest BCUT2D eigenvalue weighted by Gasteiger charge is -2.48. The van der Waals surface area contributed by atoms with Crippen molar-refractivity contribution in [3.05, 3.63) is 59.2 Å². The number of ketones is 1. The molecule has 0 aliphatic heterocycles. The fourth-order valence-electron chi connectivity index (χ4n) is 7.46. The van der Waals surface area contributed by atoms with E-state index in [1.807, 2.05) is 6.07 Å². The number of fused-ring (bicyclic) bond motifs is 5. The lowest BCUT2D eigenvalue weighted by atomic mass is 9.55. The molecule has 0 saturated heterocycles. The number of ether oxygens (including phenoxy) is 1. The van der Waals surface area contributed by atoms with Gasteiger partial charge in [0.05, 0.1) is 0 Å². The smallest absolute Gasteiger partial charge is 0.311 e. The molecule has 38 heavy (non-hydrogen) atoms. The summed E-state index contributed by atoms with van der Waals surface area (Å²) in [5, 5.41) is 0. The fraction of sp³-hybridized carbons (Fsp3) is 0.562. The van der Waals surface area contributed by atoms with Gasteiger partial charge in [0.2, 0.25) is 0 Å². The highest BCUT2D eigenvalue weighted by atomic mass is 35.5. The number of rotatable bonds is 10. The van der Waals surface area contributed by atoms with Gasteiger partial charge in [-0.3, -0.25) is 9.59 Å². The van der Waals surface area contributed by atoms with Crippen molar-refractivity contribution in [2.45, 2.75) is 70.6 Å². The second-order valence-corrected chi connectivity index (χ2v) is 12.3. The summed E-state index contributed by atoms with van der Waals surface area (Å²) in [5.41, 5.74) is 4.97. The van der Waals surface area contributed by atoms with Gasteiger partial charge in [0.1, 0.15) is 11.5 Å². The molecular formula is C32H39Cl2NO3. The first-order valence-electron chi connectivity index (χ1n) is 14.3. The molecule has 0 radical (unpaired) electrons. The van der Waals surface area contributed by atoms with E-state index >= 15 is 0 Å². The third kappa shape index (κ3) is 5.63. The summed E-state index contributed by atoms with van der Waals surface area (Å²) >= 11 is 11.8. The van der Waals surface area contributed by atoms with Gasteiger partial charge in [-0.15, -0.1) is 23.2 Å². The molecule has 0 N–H and O–H groups in total. The molecule has 5 rings (SSSR count). The first-order valence-corrected chi connectivity index (χ1v) is 15.3. The molecule has 4 atom stereocenters. The molecule has 204 valence electrons. The van der Waals surface area contributed by atoms with Crippen molar-refractivity contribution in [2.75, 3.05) is 29.7 Å². The number of halogens is 2. The molecule has 6 heteroatoms. The second kappa shape index (κ2) is 12.0. The molecule has 0 bridgehead atoms. The van der Waals surface area contributed by atoms with Gasteiger partial charge in [0, 0.05) is 48.8 Å². The van der Waals surface area contributed by atoms with E-state index < -0.39 is 0 Å². The number of hydrogen-bond donors (Lipinski definition) is 0. The molecule has 2 saturated carbocycles. The molecule has 2 aromatic carbocycles. The van der Waals surface area contributed by atoms with Crippen LogP contribution in [0.3, 0.4) is 0 Å². The third-order valence-corrected chi connectivity index (χ3v) is 9.83. The maximum atomic E-state index is 12.6. The molecule has 3 aliphatic rings. The average molecular weight is 557 g/mol. The van der Waals surface area contributed by atoms with Crippen LogP contribution in [0, 0.1) is 17.3 Å². The molecule has 0 aromatic heterocycles. The Hall–Kier alpha value is -2.04. The van der Waals surface area contributed by atoms with Gasteiger partial charge in [0.25, 0.3) is 0 Å². The molecule has 2 aromatic rings. The minimum absolute atomic E-state index is 0.0923. The van der Waals surface area contributed by atoms with Crippen molar-refractivity contribution in [1.29, 1.82) is 0 Å². The zero-order chi connectivity index (χ0) is 26.7. The van der Waals surface area contributed by atoms with Crippen LogP contribution in [0.4, 0.5) is 5.69 Å². The van der Waals surface area contributed by atoms with Crippen molar-refractivity contribution in [3.8, 4) is 5.75 Å². The monoisotopic (exact) mass is 555 g/mol. The Morgan fingerprint density at radius 1 is 1.03 bits per heavy atom. The number of hydrogen-bond acceptors (Lipinski definition) is 4. The van der Waals surface area contributed by atoms with Gasteiger partial charge in [0.15, 0.2) is 0 Å². The maximum absolute atomic E-state index is 12.6. The minimum atomic E-state index is -0.177. The van der Waals surface area contributed by atoms with Crippen molar-refractivity contribution in [3.63, 3.8) is 0 Å². The van der Waals surface area contributed by atoms with E-state index in [1.165, 1.54) is 16.7 Å². The molecule has 0 spiro atoms. The van der Waals surface area contributed by atoms with Crippen LogP contribution in [-0.4, -0.2) is 36.6 Å². The zero-order valence-corrected chi connectivity index (χ0v) is 23.9. The standard InChI is InChI=1S/C32H39Cl2NO3/c1-32-16-15-27-26-12-10-25(21-23(26)7-11-28(27)29(32)13-14-30(32)36)38-31(37)4-2-3-22-5-8-24(9-6-22)35(19-17-33)20-18-34/h5-6,8-10,12,21,27-29H,2-4,7,11,13-20H2,1H3. The summed E-state index contributed by atoms with van der Waals surface area (Å²) < 4.78 is 5.74. The Balaban J connectivity index is 1.13. The van der Waals surface area contributed by atoms with Gasteiger partial charge >= 0.3 is 5.97 Å². The highest BCUT2D eigenvalue weighted by Gasteiger charge is 2.54. The van der Waals surface area contributed by atoms with Gasteiger partial charge in [-0.1, -0.05) is 25.1 Å². The van der Waals surface area contributed by atoms with E-state index in [9.17, 15) is 9.59 Å². The Kier molecular flexibility index (Phi) is 8.69. The van der Waals surface area contributed by atoms with E-state index in [1.54, 1.807) is 0 Å². The normalized spacial score (nSPS) is 25.9. The van der Waals surface area contributed by atoms with Crippen molar-refractivity contribution >= 4 is 40.6 Å². The van der Waals surface area contributed by atoms with Crippen LogP contribution in [0.5, 0.6) is 5.75 Å². The number of anilines is 1. The number of Topliss-reactive ketones (excluding diaryl/α,β-unsaturated/α-hetero) is 1. The van der Waals surface area contributed by atoms with E-state index in [-0.39, 0.29) is 11.4 Å². The van der Waals surface area contributed by atoms with Crippen LogP contribution in [0.1, 0.15) is 74.5 Å². The summed E-state index contributed by atoms with van der Waals surface area (Å²) in [6, 6.07) is 14.7. The number of carbonyl (C=O) groups excluding carboxylic acids is 2. The highest BCUT2D eigenvalue weighted by Crippen LogP contribution is 2.59. The van der Waals surface area contributed by atoms with E-state index in [0.29, 0.717) is 47.5 Å². The van der Waals surface area contributed by atoms with Crippen molar-refractivity contribution in [1.82, 2.24) is 0 Å². The Labute approximate surface area is 237 Å². The topological polar surface area (TPSA) is 46.6 Å². The van der Waals surface area contributed by atoms with Crippen LogP contribution in [0.25, 0.3) is 0 Å². The Morgan fingerprint density at radius 3 is 2.53 bits per heavy atom. The van der Waals surface area contributed by atoms with E-state index in [0.717, 1.165) is 70.1 Å². The van der Waals surface area contributed by atoms with Crippen LogP contribution < -0.4 is 9.64 Å². The van der Waals surface area contributed by atoms with Gasteiger partial charge in [-0.05, 0) is 104 Å². The number of esters is 1. The Bertz CT molecular complexity index is 1140. The van der Waals surface area contributed by atoms with Crippen LogP contribution >= 0.6 is 23.2 Å². The Morgan fingerprint density at radius 2 is 1.79 bits per heavy atom. The van der Waals surface area contributed by atoms with Crippen molar-refractivity contribution in [2.24, 2.45) is 17.3 Å². The minimum Gasteiger partial charge on any atom is -0.427 e. The molecule has 0 heterocycles. The first-order chi connectivity index (χ1) is 18.4. The second-order valence-electron chi connectivity index (χ2n) is 11.6. The fourth-order valence-corrected chi connectivity index (χ4v) is 7.87. The molecule has 3 aliphatic carbocycles. The lowest BCUT2D eigenvalue weighted by Crippen LogP contribution is -2.42. The largest absolute Gasteiger partial charge is 0.427 e. The summed E-state index contributed by atoms with van der Waals surface area (Å²) in [5.74, 6) is 3.78. The van der Waals surface area contributed by atoms with Crippen LogP contribution in [0.2, 0.25) is 0 Å². The molecular weight excluding hydrogens is 517 g/mol. The quantitative estimate of drug-likeness (QED) is 0.175. The zero-order valence-electron chi connectivity index (χ0n) is 22.4. The molecule has 0 amide bonds. The molecule has 4 nitrogen and oxygen atoms in total. The van der Waals surface area contributed by atoms with Gasteiger partial charge in [-0.2, -0.15) is 0 Å². The predicted molar refractivity (Wildman–Crippen MR) is 155 cm³/mol. The van der Waals surface area contributed by atoms with E-state index in [2.05, 4.69) is 48.2 Å². The third-order valence-electron chi connectivity index (χ3n) is 9.50. The number of benzene rings is 2. The summed E-state index contributed by atoms with van der Waals surface area (Å²) in [4.78, 5) is 27.3. The summed E-state index contributed by atoms with van der Waals surface area (Å²) in [6.07, 6.45) is 8.04. The SMILES string of the molecule is CC12CCC3c4ccc(OC(=O)CCCc5ccc(N(CCCl)CCCl)cc5)cc4CCC3C1CCC2=O. The number of nitrogens with zero attached hydrogens (tertiary/aromatic N) is 1. The number of carbonyl (C=O) groups is 2. The van der Waals surface area contributed by atoms with Gasteiger partial charge in [-0.25, -0.2) is 0 Å². The van der Waals surface area contributed by atoms with E-state index in [4.69, 9.17) is 27.9 Å².